The Balaban J connectivity index is 0.00000544. The summed E-state index contributed by atoms with van der Waals surface area (Å²) in [6, 6.07) is 19.6. The molecule has 0 heterocycles. The first-order valence-corrected chi connectivity index (χ1v) is 11.6. The van der Waals surface area contributed by atoms with Gasteiger partial charge in [-0.1, -0.05) is 60.7 Å². The molecule has 0 spiro atoms. The maximum Gasteiger partial charge on any atom is 2.00 e. The molecule has 0 amide bonds. The predicted molar refractivity (Wildman–Crippen MR) is 141 cm³/mol. The van der Waals surface area contributed by atoms with Gasteiger partial charge in [-0.05, 0) is 27.7 Å². The molecular weight excluding hydrogens is 500 g/mol. The van der Waals surface area contributed by atoms with Crippen molar-refractivity contribution in [1.82, 2.24) is 9.80 Å². The van der Waals surface area contributed by atoms with Gasteiger partial charge in [0.1, 0.15) is 11.4 Å². The molecule has 0 saturated carbocycles. The van der Waals surface area contributed by atoms with Crippen LogP contribution in [-0.4, -0.2) is 57.7 Å². The zero-order chi connectivity index (χ0) is 23.3. The SMILES string of the molecule is CCN(CC)C([S-])=NN=C(C(=NN=C([S-])N(CC)CC)c1ccccc1)c1ccccc1.[Cu+2]. The van der Waals surface area contributed by atoms with E-state index in [4.69, 9.17) is 25.3 Å². The van der Waals surface area contributed by atoms with E-state index < -0.39 is 0 Å². The summed E-state index contributed by atoms with van der Waals surface area (Å²) in [6.07, 6.45) is 0. The first kappa shape index (κ1) is 28.7. The van der Waals surface area contributed by atoms with Crippen LogP contribution in [0.5, 0.6) is 0 Å². The summed E-state index contributed by atoms with van der Waals surface area (Å²) in [5, 5.41) is 18.7. The standard InChI is InChI=1S/C24H32N6S2.Cu/c1-5-29(6-2)23(31)27-25-21(19-15-11-9-12-16-19)22(20-17-13-10-14-18-20)26-28-24(32)30(7-3)8-4;/h9-18H,5-8H2,1-4H3,(H,27,31)(H,28,32);/q;+2/p-2. The Morgan fingerprint density at radius 2 is 0.879 bits per heavy atom. The molecule has 0 N–H and O–H groups in total. The van der Waals surface area contributed by atoms with Gasteiger partial charge in [0.15, 0.2) is 0 Å². The zero-order valence-corrected chi connectivity index (χ0v) is 22.0. The normalized spacial score (nSPS) is 12.8. The molecule has 179 valence electrons. The quantitative estimate of drug-likeness (QED) is 0.160. The van der Waals surface area contributed by atoms with Crippen LogP contribution in [0.25, 0.3) is 0 Å². The minimum absolute atomic E-state index is 0. The second kappa shape index (κ2) is 15.5. The molecule has 33 heavy (non-hydrogen) atoms. The van der Waals surface area contributed by atoms with Crippen molar-refractivity contribution in [2.45, 2.75) is 27.7 Å². The third kappa shape index (κ3) is 8.51. The molecule has 6 nitrogen and oxygen atoms in total. The Morgan fingerprint density at radius 3 is 1.15 bits per heavy atom. The summed E-state index contributed by atoms with van der Waals surface area (Å²) >= 11 is 11.0. The number of nitrogens with zero attached hydrogens (tertiary/aromatic N) is 6. The van der Waals surface area contributed by atoms with Gasteiger partial charge in [0.2, 0.25) is 0 Å². The van der Waals surface area contributed by atoms with E-state index in [1.165, 1.54) is 0 Å². The van der Waals surface area contributed by atoms with E-state index in [2.05, 4.69) is 20.4 Å². The number of benzene rings is 2. The van der Waals surface area contributed by atoms with Crippen molar-refractivity contribution in [1.29, 1.82) is 0 Å². The predicted octanol–water partition coefficient (Wildman–Crippen LogP) is 4.28. The fourth-order valence-corrected chi connectivity index (χ4v) is 3.57. The van der Waals surface area contributed by atoms with Gasteiger partial charge in [0, 0.05) is 47.6 Å². The largest absolute Gasteiger partial charge is 2.00 e. The van der Waals surface area contributed by atoms with Crippen LogP contribution in [0.4, 0.5) is 0 Å². The van der Waals surface area contributed by atoms with Crippen molar-refractivity contribution in [2.24, 2.45) is 20.4 Å². The van der Waals surface area contributed by atoms with Crippen LogP contribution in [0.15, 0.2) is 81.1 Å². The van der Waals surface area contributed by atoms with Crippen molar-refractivity contribution in [3.63, 3.8) is 0 Å². The van der Waals surface area contributed by atoms with Gasteiger partial charge in [0.25, 0.3) is 0 Å². The number of hydrogen-bond acceptors (Lipinski definition) is 6. The molecule has 0 aliphatic carbocycles. The Morgan fingerprint density at radius 1 is 0.576 bits per heavy atom. The van der Waals surface area contributed by atoms with Gasteiger partial charge in [-0.15, -0.1) is 10.2 Å². The topological polar surface area (TPSA) is 55.9 Å². The molecule has 9 heteroatoms. The van der Waals surface area contributed by atoms with Gasteiger partial charge in [-0.2, -0.15) is 10.2 Å². The molecule has 0 bridgehead atoms. The average Bonchev–Trinajstić information content (AvgIpc) is 2.83. The molecule has 0 aliphatic rings. The third-order valence-electron chi connectivity index (χ3n) is 4.86. The smallest absolute Gasteiger partial charge is 0.741 e. The minimum Gasteiger partial charge on any atom is -0.741 e. The first-order chi connectivity index (χ1) is 15.5. The van der Waals surface area contributed by atoms with Gasteiger partial charge >= 0.3 is 17.1 Å². The minimum atomic E-state index is 0. The molecule has 2 rings (SSSR count). The van der Waals surface area contributed by atoms with Gasteiger partial charge in [-0.25, -0.2) is 0 Å². The Hall–Kier alpha value is -2.32. The Labute approximate surface area is 219 Å². The second-order valence-corrected chi connectivity index (χ2v) is 7.47. The van der Waals surface area contributed by atoms with Crippen LogP contribution in [0, 0.1) is 0 Å². The number of rotatable bonds is 9. The van der Waals surface area contributed by atoms with Crippen LogP contribution < -0.4 is 0 Å². The third-order valence-corrected chi connectivity index (χ3v) is 5.54. The van der Waals surface area contributed by atoms with Crippen molar-refractivity contribution in [2.75, 3.05) is 26.2 Å². The van der Waals surface area contributed by atoms with E-state index in [1.54, 1.807) is 0 Å². The van der Waals surface area contributed by atoms with E-state index in [0.29, 0.717) is 21.8 Å². The van der Waals surface area contributed by atoms with Crippen LogP contribution in [0.1, 0.15) is 38.8 Å². The monoisotopic (exact) mass is 529 g/mol. The van der Waals surface area contributed by atoms with Crippen molar-refractivity contribution >= 4 is 47.0 Å². The number of amidine groups is 2. The van der Waals surface area contributed by atoms with Crippen LogP contribution >= 0.6 is 0 Å². The van der Waals surface area contributed by atoms with E-state index in [-0.39, 0.29) is 17.1 Å². The van der Waals surface area contributed by atoms with Crippen LogP contribution in [0.3, 0.4) is 0 Å². The average molecular weight is 530 g/mol. The maximum absolute atomic E-state index is 5.48. The van der Waals surface area contributed by atoms with Crippen molar-refractivity contribution in [3.05, 3.63) is 71.8 Å². The fraction of sp³-hybridized carbons (Fsp3) is 0.333. The Bertz CT molecular complexity index is 874. The van der Waals surface area contributed by atoms with Gasteiger partial charge < -0.3 is 35.1 Å². The summed E-state index contributed by atoms with van der Waals surface area (Å²) in [7, 11) is 0. The van der Waals surface area contributed by atoms with Gasteiger partial charge in [-0.3, -0.25) is 0 Å². The van der Waals surface area contributed by atoms with Crippen LogP contribution in [-0.2, 0) is 42.3 Å². The van der Waals surface area contributed by atoms with Crippen molar-refractivity contribution in [3.8, 4) is 0 Å². The summed E-state index contributed by atoms with van der Waals surface area (Å²) in [5.41, 5.74) is 2.89. The van der Waals surface area contributed by atoms with E-state index >= 15 is 0 Å². The summed E-state index contributed by atoms with van der Waals surface area (Å²) in [6.45, 7) is 11.2. The summed E-state index contributed by atoms with van der Waals surface area (Å²) < 4.78 is 0. The van der Waals surface area contributed by atoms with E-state index in [1.807, 2.05) is 98.2 Å². The number of hydrogen-bond donors (Lipinski definition) is 0. The molecule has 0 unspecified atom stereocenters. The fourth-order valence-electron chi connectivity index (χ4n) is 2.98. The molecule has 0 aromatic heterocycles. The van der Waals surface area contributed by atoms with Crippen LogP contribution in [0.2, 0.25) is 0 Å². The molecule has 0 fully saturated rings. The zero-order valence-electron chi connectivity index (χ0n) is 19.4. The molecule has 0 saturated heterocycles. The summed E-state index contributed by atoms with van der Waals surface area (Å²) in [4.78, 5) is 3.95. The van der Waals surface area contributed by atoms with Crippen molar-refractivity contribution < 1.29 is 17.1 Å². The molecule has 2 aromatic carbocycles. The Kier molecular flexibility index (Phi) is 13.5. The molecule has 0 atom stereocenters. The first-order valence-electron chi connectivity index (χ1n) is 10.8. The van der Waals surface area contributed by atoms with E-state index in [9.17, 15) is 0 Å². The second-order valence-electron chi connectivity index (χ2n) is 6.74. The van der Waals surface area contributed by atoms with E-state index in [0.717, 1.165) is 37.3 Å². The molecular formula is C24H30CuN6S2. The molecule has 0 aliphatic heterocycles. The maximum atomic E-state index is 5.48. The molecule has 1 radical (unpaired) electrons. The van der Waals surface area contributed by atoms with Gasteiger partial charge in [0.05, 0.1) is 0 Å². The summed E-state index contributed by atoms with van der Waals surface area (Å²) in [5.74, 6) is 0. The molecule has 2 aromatic rings.